The summed E-state index contributed by atoms with van der Waals surface area (Å²) in [4.78, 5) is 14.5. The summed E-state index contributed by atoms with van der Waals surface area (Å²) in [5.74, 6) is -0.806. The minimum atomic E-state index is -0.806. The Morgan fingerprint density at radius 1 is 1.55 bits per heavy atom. The van der Waals surface area contributed by atoms with Crippen molar-refractivity contribution in [3.05, 3.63) is 49.2 Å². The van der Waals surface area contributed by atoms with Crippen LogP contribution in [0.5, 0.6) is 0 Å². The minimum Gasteiger partial charge on any atom is -0.379 e. The van der Waals surface area contributed by atoms with Crippen LogP contribution in [-0.2, 0) is 6.42 Å². The summed E-state index contributed by atoms with van der Waals surface area (Å²) in [7, 11) is 0. The number of thiazole rings is 1. The van der Waals surface area contributed by atoms with Crippen LogP contribution in [0.15, 0.2) is 17.5 Å². The molecule has 0 unspecified atom stereocenters. The van der Waals surface area contributed by atoms with E-state index in [2.05, 4.69) is 10.3 Å². The highest BCUT2D eigenvalue weighted by atomic mass is 35.5. The first kappa shape index (κ1) is 14.7. The average molecular weight is 316 g/mol. The Balaban J connectivity index is 2.08. The number of hydrogen-bond donors (Lipinski definition) is 1. The van der Waals surface area contributed by atoms with Crippen LogP contribution in [0.4, 0.5) is 15.8 Å². The summed E-state index contributed by atoms with van der Waals surface area (Å²) in [6.07, 6.45) is 0.622. The summed E-state index contributed by atoms with van der Waals surface area (Å²) >= 11 is 7.19. The summed E-state index contributed by atoms with van der Waals surface area (Å²) < 4.78 is 13.2. The lowest BCUT2D eigenvalue weighted by molar-refractivity contribution is -0.384. The van der Waals surface area contributed by atoms with Gasteiger partial charge in [-0.2, -0.15) is 0 Å². The molecule has 0 aliphatic heterocycles. The third-order valence-corrected chi connectivity index (χ3v) is 3.71. The van der Waals surface area contributed by atoms with Gasteiger partial charge in [0.25, 0.3) is 5.69 Å². The summed E-state index contributed by atoms with van der Waals surface area (Å²) in [6, 6.07) is 2.04. The number of hydrogen-bond acceptors (Lipinski definition) is 5. The van der Waals surface area contributed by atoms with Crippen molar-refractivity contribution in [2.75, 3.05) is 11.9 Å². The predicted molar refractivity (Wildman–Crippen MR) is 77.1 cm³/mol. The monoisotopic (exact) mass is 315 g/mol. The maximum absolute atomic E-state index is 13.2. The molecule has 2 rings (SSSR count). The zero-order chi connectivity index (χ0) is 14.7. The number of nitrogens with one attached hydrogen (secondary N) is 1. The molecule has 0 atom stereocenters. The lowest BCUT2D eigenvalue weighted by Gasteiger charge is -2.07. The zero-order valence-corrected chi connectivity index (χ0v) is 12.1. The molecule has 0 aliphatic carbocycles. The first-order valence-corrected chi connectivity index (χ1v) is 7.01. The van der Waals surface area contributed by atoms with Crippen molar-refractivity contribution in [1.82, 2.24) is 4.98 Å². The van der Waals surface area contributed by atoms with Gasteiger partial charge in [0.1, 0.15) is 11.5 Å². The molecule has 0 bridgehead atoms. The van der Waals surface area contributed by atoms with Crippen LogP contribution in [0, 0.1) is 22.9 Å². The Morgan fingerprint density at radius 2 is 2.30 bits per heavy atom. The van der Waals surface area contributed by atoms with E-state index in [0.717, 1.165) is 16.8 Å². The Morgan fingerprint density at radius 3 is 2.90 bits per heavy atom. The quantitative estimate of drug-likeness (QED) is 0.673. The van der Waals surface area contributed by atoms with E-state index in [1.165, 1.54) is 6.07 Å². The second-order valence-electron chi connectivity index (χ2n) is 4.08. The van der Waals surface area contributed by atoms with E-state index < -0.39 is 10.7 Å². The maximum Gasteiger partial charge on any atom is 0.295 e. The van der Waals surface area contributed by atoms with Crippen LogP contribution in [-0.4, -0.2) is 16.5 Å². The molecule has 1 N–H and O–H groups in total. The van der Waals surface area contributed by atoms with Crippen molar-refractivity contribution in [1.29, 1.82) is 0 Å². The van der Waals surface area contributed by atoms with Gasteiger partial charge >= 0.3 is 0 Å². The summed E-state index contributed by atoms with van der Waals surface area (Å²) in [5.41, 5.74) is 0.783. The van der Waals surface area contributed by atoms with Crippen molar-refractivity contribution in [2.24, 2.45) is 0 Å². The van der Waals surface area contributed by atoms with Gasteiger partial charge in [0.05, 0.1) is 26.7 Å². The van der Waals surface area contributed by atoms with Gasteiger partial charge < -0.3 is 5.32 Å². The number of halogens is 2. The van der Waals surface area contributed by atoms with E-state index in [-0.39, 0.29) is 16.4 Å². The highest BCUT2D eigenvalue weighted by Crippen LogP contribution is 2.30. The molecule has 5 nitrogen and oxygen atoms in total. The fourth-order valence-corrected chi connectivity index (χ4v) is 2.49. The Labute approximate surface area is 123 Å². The third kappa shape index (κ3) is 3.43. The molecular formula is C12H11ClFN3O2S. The number of nitro benzene ring substituents is 1. The van der Waals surface area contributed by atoms with E-state index in [1.54, 1.807) is 11.3 Å². The Hall–Kier alpha value is -1.73. The molecule has 1 heterocycles. The van der Waals surface area contributed by atoms with Crippen molar-refractivity contribution in [3.63, 3.8) is 0 Å². The number of aromatic nitrogens is 1. The number of benzene rings is 1. The predicted octanol–water partition coefficient (Wildman–Crippen LogP) is 3.81. The van der Waals surface area contributed by atoms with E-state index in [4.69, 9.17) is 11.6 Å². The number of nitro groups is 1. The molecule has 0 saturated carbocycles. The van der Waals surface area contributed by atoms with E-state index >= 15 is 0 Å². The molecule has 1 aromatic heterocycles. The lowest BCUT2D eigenvalue weighted by atomic mass is 10.2. The highest BCUT2D eigenvalue weighted by Gasteiger charge is 2.17. The molecule has 0 radical (unpaired) electrons. The first-order valence-electron chi connectivity index (χ1n) is 5.75. The van der Waals surface area contributed by atoms with Crippen molar-refractivity contribution >= 4 is 34.3 Å². The molecule has 0 aliphatic rings. The second kappa shape index (κ2) is 6.15. The van der Waals surface area contributed by atoms with Crippen LogP contribution in [0.1, 0.15) is 10.7 Å². The van der Waals surface area contributed by atoms with Crippen LogP contribution < -0.4 is 5.32 Å². The van der Waals surface area contributed by atoms with E-state index in [9.17, 15) is 14.5 Å². The molecule has 0 fully saturated rings. The fraction of sp³-hybridized carbons (Fsp3) is 0.250. The minimum absolute atomic E-state index is 0.150. The molecule has 1 aromatic carbocycles. The fourth-order valence-electron chi connectivity index (χ4n) is 1.68. The van der Waals surface area contributed by atoms with Gasteiger partial charge in [-0.1, -0.05) is 11.6 Å². The summed E-state index contributed by atoms with van der Waals surface area (Å²) in [5, 5.41) is 16.5. The van der Waals surface area contributed by atoms with Crippen molar-refractivity contribution < 1.29 is 9.31 Å². The maximum atomic E-state index is 13.2. The lowest BCUT2D eigenvalue weighted by Crippen LogP contribution is -2.07. The van der Waals surface area contributed by atoms with Crippen molar-refractivity contribution in [3.8, 4) is 0 Å². The number of aryl methyl sites for hydroxylation is 1. The Bertz CT molecular complexity index is 648. The zero-order valence-electron chi connectivity index (χ0n) is 10.5. The van der Waals surface area contributed by atoms with Gasteiger partial charge in [-0.3, -0.25) is 10.1 Å². The van der Waals surface area contributed by atoms with Crippen LogP contribution in [0.3, 0.4) is 0 Å². The van der Waals surface area contributed by atoms with Gasteiger partial charge in [-0.05, 0) is 13.0 Å². The van der Waals surface area contributed by atoms with Crippen LogP contribution in [0.2, 0.25) is 5.02 Å². The average Bonchev–Trinajstić information content (AvgIpc) is 2.79. The molecule has 0 saturated heterocycles. The smallest absolute Gasteiger partial charge is 0.295 e. The molecular weight excluding hydrogens is 305 g/mol. The molecule has 0 amide bonds. The standard InChI is InChI=1S/C12H11ClFN3O2S/c1-7-16-8(6-20-7)2-3-15-11-4-9(13)10(14)5-12(11)17(18)19/h4-6,15H,2-3H2,1H3. The molecule has 106 valence electrons. The molecule has 0 spiro atoms. The van der Waals surface area contributed by atoms with Crippen LogP contribution in [0.25, 0.3) is 0 Å². The van der Waals surface area contributed by atoms with E-state index in [1.807, 2.05) is 12.3 Å². The molecule has 20 heavy (non-hydrogen) atoms. The topological polar surface area (TPSA) is 68.1 Å². The second-order valence-corrected chi connectivity index (χ2v) is 5.54. The number of nitrogens with zero attached hydrogens (tertiary/aromatic N) is 2. The molecule has 2 aromatic rings. The number of rotatable bonds is 5. The van der Waals surface area contributed by atoms with Gasteiger partial charge in [0.15, 0.2) is 0 Å². The summed E-state index contributed by atoms with van der Waals surface area (Å²) in [6.45, 7) is 2.36. The van der Waals surface area contributed by atoms with Gasteiger partial charge in [0, 0.05) is 18.3 Å². The van der Waals surface area contributed by atoms with Gasteiger partial charge in [-0.25, -0.2) is 9.37 Å². The van der Waals surface area contributed by atoms with Gasteiger partial charge in [-0.15, -0.1) is 11.3 Å². The largest absolute Gasteiger partial charge is 0.379 e. The van der Waals surface area contributed by atoms with E-state index in [0.29, 0.717) is 13.0 Å². The Kier molecular flexibility index (Phi) is 4.51. The van der Waals surface area contributed by atoms with Gasteiger partial charge in [0.2, 0.25) is 0 Å². The van der Waals surface area contributed by atoms with Crippen molar-refractivity contribution in [2.45, 2.75) is 13.3 Å². The SMILES string of the molecule is Cc1nc(CCNc2cc(Cl)c(F)cc2[N+](=O)[O-])cs1. The highest BCUT2D eigenvalue weighted by molar-refractivity contribution is 7.09. The molecule has 8 heteroatoms. The number of anilines is 1. The third-order valence-electron chi connectivity index (χ3n) is 2.60. The van der Waals surface area contributed by atoms with Crippen LogP contribution >= 0.6 is 22.9 Å². The first-order chi connectivity index (χ1) is 9.47. The normalized spacial score (nSPS) is 10.6.